The van der Waals surface area contributed by atoms with E-state index in [1.165, 1.54) is 0 Å². The predicted octanol–water partition coefficient (Wildman–Crippen LogP) is 3.45. The van der Waals surface area contributed by atoms with Crippen LogP contribution in [0.5, 0.6) is 5.75 Å². The van der Waals surface area contributed by atoms with Crippen molar-refractivity contribution in [2.75, 3.05) is 18.2 Å². The zero-order chi connectivity index (χ0) is 15.6. The van der Waals surface area contributed by atoms with Crippen LogP contribution < -0.4 is 15.8 Å². The monoisotopic (exact) mass is 284 g/mol. The van der Waals surface area contributed by atoms with Crippen molar-refractivity contribution in [1.82, 2.24) is 0 Å². The van der Waals surface area contributed by atoms with Gasteiger partial charge < -0.3 is 15.8 Å². The molecule has 0 aliphatic heterocycles. The first kappa shape index (κ1) is 14.9. The third-order valence-electron chi connectivity index (χ3n) is 3.39. The Morgan fingerprint density at radius 3 is 2.29 bits per heavy atom. The van der Waals surface area contributed by atoms with Gasteiger partial charge in [-0.25, -0.2) is 0 Å². The fourth-order valence-corrected chi connectivity index (χ4v) is 2.37. The van der Waals surface area contributed by atoms with Crippen LogP contribution in [0.25, 0.3) is 0 Å². The standard InChI is InChI=1S/C17H20N2O2/c1-10-5-6-15(21-4)14(7-10)17(20)19-16-11(2)8-13(18)9-12(16)3/h5-9H,18H2,1-4H3,(H,19,20). The summed E-state index contributed by atoms with van der Waals surface area (Å²) in [7, 11) is 1.56. The largest absolute Gasteiger partial charge is 0.496 e. The van der Waals surface area contributed by atoms with Crippen LogP contribution in [0.15, 0.2) is 30.3 Å². The summed E-state index contributed by atoms with van der Waals surface area (Å²) in [4.78, 5) is 12.5. The van der Waals surface area contributed by atoms with Gasteiger partial charge in [-0.2, -0.15) is 0 Å². The Morgan fingerprint density at radius 2 is 1.71 bits per heavy atom. The lowest BCUT2D eigenvalue weighted by atomic mass is 10.1. The van der Waals surface area contributed by atoms with Crippen LogP contribution in [0.2, 0.25) is 0 Å². The summed E-state index contributed by atoms with van der Waals surface area (Å²) in [6.45, 7) is 5.79. The molecule has 0 spiro atoms. The van der Waals surface area contributed by atoms with Crippen LogP contribution in [0, 0.1) is 20.8 Å². The highest BCUT2D eigenvalue weighted by atomic mass is 16.5. The minimum atomic E-state index is -0.188. The van der Waals surface area contributed by atoms with Crippen molar-refractivity contribution in [3.8, 4) is 5.75 Å². The zero-order valence-corrected chi connectivity index (χ0v) is 12.8. The number of carbonyl (C=O) groups is 1. The van der Waals surface area contributed by atoms with E-state index >= 15 is 0 Å². The Bertz CT molecular complexity index is 670. The van der Waals surface area contributed by atoms with E-state index in [9.17, 15) is 4.79 Å². The summed E-state index contributed by atoms with van der Waals surface area (Å²) < 4.78 is 5.26. The van der Waals surface area contributed by atoms with Crippen LogP contribution in [0.3, 0.4) is 0 Å². The maximum Gasteiger partial charge on any atom is 0.259 e. The summed E-state index contributed by atoms with van der Waals surface area (Å²) >= 11 is 0. The predicted molar refractivity (Wildman–Crippen MR) is 86.0 cm³/mol. The molecule has 4 heteroatoms. The number of aryl methyl sites for hydroxylation is 3. The Balaban J connectivity index is 2.37. The molecular formula is C17H20N2O2. The number of ether oxygens (including phenoxy) is 1. The molecule has 1 amide bonds. The molecule has 0 radical (unpaired) electrons. The lowest BCUT2D eigenvalue weighted by Crippen LogP contribution is -2.15. The molecule has 0 aliphatic carbocycles. The molecule has 110 valence electrons. The fraction of sp³-hybridized carbons (Fsp3) is 0.235. The molecule has 0 aliphatic rings. The van der Waals surface area contributed by atoms with Crippen LogP contribution in [-0.2, 0) is 0 Å². The van der Waals surface area contributed by atoms with Gasteiger partial charge in [0.05, 0.1) is 12.7 Å². The Morgan fingerprint density at radius 1 is 1.10 bits per heavy atom. The van der Waals surface area contributed by atoms with E-state index in [2.05, 4.69) is 5.32 Å². The molecule has 0 saturated heterocycles. The van der Waals surface area contributed by atoms with Gasteiger partial charge >= 0.3 is 0 Å². The second-order valence-electron chi connectivity index (χ2n) is 5.19. The van der Waals surface area contributed by atoms with Gasteiger partial charge in [0.1, 0.15) is 5.75 Å². The van der Waals surface area contributed by atoms with Crippen molar-refractivity contribution in [3.63, 3.8) is 0 Å². The molecule has 21 heavy (non-hydrogen) atoms. The number of carbonyl (C=O) groups excluding carboxylic acids is 1. The number of hydrogen-bond acceptors (Lipinski definition) is 3. The number of benzene rings is 2. The number of rotatable bonds is 3. The maximum absolute atomic E-state index is 12.5. The van der Waals surface area contributed by atoms with Crippen molar-refractivity contribution in [2.24, 2.45) is 0 Å². The van der Waals surface area contributed by atoms with Gasteiger partial charge in [-0.15, -0.1) is 0 Å². The molecular weight excluding hydrogens is 264 g/mol. The average Bonchev–Trinajstić information content (AvgIpc) is 2.42. The van der Waals surface area contributed by atoms with Gasteiger partial charge in [0.15, 0.2) is 0 Å². The second kappa shape index (κ2) is 5.87. The minimum absolute atomic E-state index is 0.188. The van der Waals surface area contributed by atoms with E-state index in [-0.39, 0.29) is 5.91 Å². The lowest BCUT2D eigenvalue weighted by Gasteiger charge is -2.14. The van der Waals surface area contributed by atoms with E-state index in [0.29, 0.717) is 17.0 Å². The molecule has 2 aromatic carbocycles. The van der Waals surface area contributed by atoms with Crippen LogP contribution >= 0.6 is 0 Å². The highest BCUT2D eigenvalue weighted by Gasteiger charge is 2.15. The van der Waals surface area contributed by atoms with Crippen LogP contribution in [0.4, 0.5) is 11.4 Å². The topological polar surface area (TPSA) is 64.3 Å². The molecule has 2 rings (SSSR count). The third-order valence-corrected chi connectivity index (χ3v) is 3.39. The number of nitrogens with one attached hydrogen (secondary N) is 1. The van der Waals surface area contributed by atoms with Gasteiger partial charge in [-0.05, 0) is 56.2 Å². The molecule has 0 bridgehead atoms. The first-order valence-electron chi connectivity index (χ1n) is 6.75. The van der Waals surface area contributed by atoms with Crippen molar-refractivity contribution >= 4 is 17.3 Å². The SMILES string of the molecule is COc1ccc(C)cc1C(=O)Nc1c(C)cc(N)cc1C. The van der Waals surface area contributed by atoms with E-state index in [0.717, 1.165) is 22.4 Å². The average molecular weight is 284 g/mol. The number of nitrogens with two attached hydrogens (primary N) is 1. The fourth-order valence-electron chi connectivity index (χ4n) is 2.37. The number of nitrogen functional groups attached to an aromatic ring is 1. The lowest BCUT2D eigenvalue weighted by molar-refractivity contribution is 0.102. The van der Waals surface area contributed by atoms with Crippen molar-refractivity contribution in [3.05, 3.63) is 52.6 Å². The molecule has 0 saturated carbocycles. The smallest absolute Gasteiger partial charge is 0.259 e. The van der Waals surface area contributed by atoms with Gasteiger partial charge in [0.25, 0.3) is 5.91 Å². The summed E-state index contributed by atoms with van der Waals surface area (Å²) in [5.41, 5.74) is 10.7. The first-order valence-corrected chi connectivity index (χ1v) is 6.75. The van der Waals surface area contributed by atoms with E-state index in [4.69, 9.17) is 10.5 Å². The van der Waals surface area contributed by atoms with Gasteiger partial charge in [-0.3, -0.25) is 4.79 Å². The van der Waals surface area contributed by atoms with E-state index in [1.54, 1.807) is 13.2 Å². The quantitative estimate of drug-likeness (QED) is 0.848. The van der Waals surface area contributed by atoms with Crippen LogP contribution in [0.1, 0.15) is 27.0 Å². The molecule has 0 unspecified atom stereocenters. The maximum atomic E-state index is 12.5. The Hall–Kier alpha value is -2.49. The van der Waals surface area contributed by atoms with Crippen molar-refractivity contribution in [2.45, 2.75) is 20.8 Å². The molecule has 4 nitrogen and oxygen atoms in total. The molecule has 3 N–H and O–H groups in total. The number of anilines is 2. The minimum Gasteiger partial charge on any atom is -0.496 e. The normalized spacial score (nSPS) is 10.3. The molecule has 0 fully saturated rings. The number of amides is 1. The Kier molecular flexibility index (Phi) is 4.17. The summed E-state index contributed by atoms with van der Waals surface area (Å²) in [5.74, 6) is 0.371. The molecule has 0 atom stereocenters. The summed E-state index contributed by atoms with van der Waals surface area (Å²) in [6, 6.07) is 9.21. The second-order valence-corrected chi connectivity index (χ2v) is 5.19. The van der Waals surface area contributed by atoms with Gasteiger partial charge in [0.2, 0.25) is 0 Å². The van der Waals surface area contributed by atoms with Gasteiger partial charge in [-0.1, -0.05) is 11.6 Å². The van der Waals surface area contributed by atoms with Crippen LogP contribution in [-0.4, -0.2) is 13.0 Å². The van der Waals surface area contributed by atoms with E-state index in [1.807, 2.05) is 45.0 Å². The van der Waals surface area contributed by atoms with Gasteiger partial charge in [0, 0.05) is 11.4 Å². The first-order chi connectivity index (χ1) is 9.92. The molecule has 0 heterocycles. The Labute approximate surface area is 124 Å². The number of hydrogen-bond donors (Lipinski definition) is 2. The number of methoxy groups -OCH3 is 1. The third kappa shape index (κ3) is 3.16. The molecule has 2 aromatic rings. The van der Waals surface area contributed by atoms with Crippen molar-refractivity contribution in [1.29, 1.82) is 0 Å². The summed E-state index contributed by atoms with van der Waals surface area (Å²) in [5, 5.41) is 2.95. The van der Waals surface area contributed by atoms with Crippen molar-refractivity contribution < 1.29 is 9.53 Å². The van der Waals surface area contributed by atoms with E-state index < -0.39 is 0 Å². The molecule has 0 aromatic heterocycles. The highest BCUT2D eigenvalue weighted by molar-refractivity contribution is 6.07. The zero-order valence-electron chi connectivity index (χ0n) is 12.8. The highest BCUT2D eigenvalue weighted by Crippen LogP contribution is 2.26. The summed E-state index contributed by atoms with van der Waals surface area (Å²) in [6.07, 6.45) is 0.